The van der Waals surface area contributed by atoms with Crippen LogP contribution in [0.4, 0.5) is 8.78 Å². The number of carbonyl (C=O) groups excluding carboxylic acids is 2. The number of hydrogen-bond donors (Lipinski definition) is 2. The molecule has 0 fully saturated rings. The fourth-order valence-electron chi connectivity index (χ4n) is 2.70. The van der Waals surface area contributed by atoms with Gasteiger partial charge in [0.1, 0.15) is 11.6 Å². The number of halogens is 2. The van der Waals surface area contributed by atoms with Crippen LogP contribution in [0.15, 0.2) is 24.4 Å². The van der Waals surface area contributed by atoms with E-state index >= 15 is 0 Å². The maximum absolute atomic E-state index is 13.2. The maximum atomic E-state index is 13.2. The molecule has 2 aromatic rings. The second-order valence-electron chi connectivity index (χ2n) is 5.60. The second kappa shape index (κ2) is 6.31. The highest BCUT2D eigenvalue weighted by atomic mass is 19.1. The number of nitrogens with zero attached hydrogens (tertiary/aromatic N) is 2. The first-order chi connectivity index (χ1) is 11.4. The maximum Gasteiger partial charge on any atom is 0.286 e. The van der Waals surface area contributed by atoms with Gasteiger partial charge in [0.15, 0.2) is 0 Å². The average Bonchev–Trinajstić information content (AvgIpc) is 2.53. The van der Waals surface area contributed by atoms with Crippen molar-refractivity contribution >= 4 is 11.8 Å². The predicted molar refractivity (Wildman–Crippen MR) is 80.2 cm³/mol. The van der Waals surface area contributed by atoms with E-state index in [0.717, 1.165) is 23.4 Å². The molecule has 0 saturated carbocycles. The van der Waals surface area contributed by atoms with Gasteiger partial charge >= 0.3 is 0 Å². The topological polar surface area (TPSA) is 98.0 Å². The van der Waals surface area contributed by atoms with Gasteiger partial charge in [-0.15, -0.1) is 0 Å². The number of aromatic nitrogens is 2. The summed E-state index contributed by atoms with van der Waals surface area (Å²) in [6, 6.07) is 2.47. The minimum atomic E-state index is -0.804. The summed E-state index contributed by atoms with van der Waals surface area (Å²) < 4.78 is 26.4. The molecule has 0 radical (unpaired) electrons. The molecule has 2 amide bonds. The van der Waals surface area contributed by atoms with Crippen LogP contribution in [-0.4, -0.2) is 27.8 Å². The lowest BCUT2D eigenvalue weighted by molar-refractivity contribution is 0.0932. The lowest BCUT2D eigenvalue weighted by Gasteiger charge is -2.24. The number of nitrogens with one attached hydrogen (secondary N) is 1. The molecule has 0 saturated heterocycles. The highest BCUT2D eigenvalue weighted by molar-refractivity contribution is 5.94. The zero-order valence-electron chi connectivity index (χ0n) is 12.6. The first-order valence-electron chi connectivity index (χ1n) is 7.34. The first-order valence-corrected chi connectivity index (χ1v) is 7.34. The Morgan fingerprint density at radius 1 is 1.21 bits per heavy atom. The van der Waals surface area contributed by atoms with E-state index in [0.29, 0.717) is 25.3 Å². The van der Waals surface area contributed by atoms with Crippen molar-refractivity contribution in [3.05, 3.63) is 58.7 Å². The molecule has 6 nitrogen and oxygen atoms in total. The molecular formula is C16H14F2N4O2. The first kappa shape index (κ1) is 16.0. The summed E-state index contributed by atoms with van der Waals surface area (Å²) in [4.78, 5) is 31.2. The Bertz CT molecular complexity index is 805. The van der Waals surface area contributed by atoms with E-state index in [4.69, 9.17) is 5.73 Å². The van der Waals surface area contributed by atoms with Gasteiger partial charge in [0.25, 0.3) is 11.8 Å². The van der Waals surface area contributed by atoms with Crippen LogP contribution in [-0.2, 0) is 12.8 Å². The number of hydrogen-bond acceptors (Lipinski definition) is 4. The molecule has 1 atom stereocenters. The Hall–Kier alpha value is -2.90. The van der Waals surface area contributed by atoms with Crippen molar-refractivity contribution in [1.29, 1.82) is 0 Å². The van der Waals surface area contributed by atoms with E-state index in [1.165, 1.54) is 6.20 Å². The second-order valence-corrected chi connectivity index (χ2v) is 5.60. The number of carbonyl (C=O) groups is 2. The summed E-state index contributed by atoms with van der Waals surface area (Å²) in [6.07, 6.45) is 3.12. The van der Waals surface area contributed by atoms with Crippen LogP contribution in [0.2, 0.25) is 0 Å². The minimum Gasteiger partial charge on any atom is -0.363 e. The van der Waals surface area contributed by atoms with Crippen LogP contribution >= 0.6 is 0 Å². The standard InChI is InChI=1S/C16H14F2N4O2/c17-10-3-8(4-11(18)6-10)16(24)21-12-1-2-13-9(5-12)7-20-15(22-13)14(19)23/h3-4,6-7,12H,1-2,5H2,(H2,19,23)(H,21,24). The van der Waals surface area contributed by atoms with Crippen molar-refractivity contribution in [2.75, 3.05) is 0 Å². The van der Waals surface area contributed by atoms with Crippen molar-refractivity contribution < 1.29 is 18.4 Å². The van der Waals surface area contributed by atoms with Crippen molar-refractivity contribution in [1.82, 2.24) is 15.3 Å². The van der Waals surface area contributed by atoms with Gasteiger partial charge in [-0.1, -0.05) is 0 Å². The summed E-state index contributed by atoms with van der Waals surface area (Å²) >= 11 is 0. The molecule has 1 aromatic carbocycles. The fraction of sp³-hybridized carbons (Fsp3) is 0.250. The number of aryl methyl sites for hydroxylation is 1. The number of rotatable bonds is 3. The van der Waals surface area contributed by atoms with E-state index < -0.39 is 23.4 Å². The number of primary amides is 1. The van der Waals surface area contributed by atoms with Crippen LogP contribution in [0.3, 0.4) is 0 Å². The Morgan fingerprint density at radius 3 is 2.58 bits per heavy atom. The molecule has 3 N–H and O–H groups in total. The molecule has 0 spiro atoms. The molecule has 1 unspecified atom stereocenters. The minimum absolute atomic E-state index is 0.0357. The molecule has 1 heterocycles. The molecule has 0 aliphatic heterocycles. The van der Waals surface area contributed by atoms with Crippen molar-refractivity contribution in [2.24, 2.45) is 5.73 Å². The largest absolute Gasteiger partial charge is 0.363 e. The summed E-state index contributed by atoms with van der Waals surface area (Å²) in [5.74, 6) is -2.88. The SMILES string of the molecule is NC(=O)c1ncc2c(n1)CCC(NC(=O)c1cc(F)cc(F)c1)C2. The van der Waals surface area contributed by atoms with Gasteiger partial charge in [-0.05, 0) is 37.0 Å². The quantitative estimate of drug-likeness (QED) is 0.880. The molecule has 1 aromatic heterocycles. The summed E-state index contributed by atoms with van der Waals surface area (Å²) in [5.41, 5.74) is 6.61. The van der Waals surface area contributed by atoms with Crippen LogP contribution in [0.5, 0.6) is 0 Å². The van der Waals surface area contributed by atoms with Gasteiger partial charge in [0.2, 0.25) is 5.82 Å². The van der Waals surface area contributed by atoms with Crippen molar-refractivity contribution in [3.8, 4) is 0 Å². The van der Waals surface area contributed by atoms with Gasteiger partial charge in [-0.2, -0.15) is 0 Å². The van der Waals surface area contributed by atoms with Crippen molar-refractivity contribution in [2.45, 2.75) is 25.3 Å². The molecule has 8 heteroatoms. The van der Waals surface area contributed by atoms with Gasteiger partial charge in [-0.25, -0.2) is 18.7 Å². The van der Waals surface area contributed by atoms with Gasteiger partial charge in [0.05, 0.1) is 0 Å². The number of fused-ring (bicyclic) bond motifs is 1. The van der Waals surface area contributed by atoms with Gasteiger partial charge < -0.3 is 11.1 Å². The number of amides is 2. The highest BCUT2D eigenvalue weighted by Gasteiger charge is 2.23. The Balaban J connectivity index is 1.71. The third-order valence-electron chi connectivity index (χ3n) is 3.83. The van der Waals surface area contributed by atoms with E-state index in [-0.39, 0.29) is 17.4 Å². The zero-order chi connectivity index (χ0) is 17.3. The van der Waals surface area contributed by atoms with Crippen LogP contribution in [0.1, 0.15) is 38.7 Å². The fourth-order valence-corrected chi connectivity index (χ4v) is 2.70. The third-order valence-corrected chi connectivity index (χ3v) is 3.83. The normalized spacial score (nSPS) is 16.3. The van der Waals surface area contributed by atoms with Crippen LogP contribution in [0.25, 0.3) is 0 Å². The zero-order valence-corrected chi connectivity index (χ0v) is 12.6. The molecule has 0 bridgehead atoms. The number of nitrogens with two attached hydrogens (primary N) is 1. The van der Waals surface area contributed by atoms with E-state index in [1.54, 1.807) is 0 Å². The molecule has 124 valence electrons. The summed E-state index contributed by atoms with van der Waals surface area (Å²) in [7, 11) is 0. The Kier molecular flexibility index (Phi) is 4.20. The van der Waals surface area contributed by atoms with Gasteiger partial charge in [0, 0.05) is 29.6 Å². The summed E-state index contributed by atoms with van der Waals surface area (Å²) in [5, 5.41) is 2.75. The van der Waals surface area contributed by atoms with E-state index in [2.05, 4.69) is 15.3 Å². The smallest absolute Gasteiger partial charge is 0.286 e. The van der Waals surface area contributed by atoms with E-state index in [9.17, 15) is 18.4 Å². The Labute approximate surface area is 136 Å². The number of benzene rings is 1. The lowest BCUT2D eigenvalue weighted by atomic mass is 9.92. The predicted octanol–water partition coefficient (Wildman–Crippen LogP) is 1.14. The molecule has 1 aliphatic rings. The van der Waals surface area contributed by atoms with Gasteiger partial charge in [-0.3, -0.25) is 9.59 Å². The van der Waals surface area contributed by atoms with Crippen LogP contribution < -0.4 is 11.1 Å². The monoisotopic (exact) mass is 332 g/mol. The van der Waals surface area contributed by atoms with E-state index in [1.807, 2.05) is 0 Å². The molecule has 3 rings (SSSR count). The van der Waals surface area contributed by atoms with Crippen molar-refractivity contribution in [3.63, 3.8) is 0 Å². The third kappa shape index (κ3) is 3.37. The molecule has 24 heavy (non-hydrogen) atoms. The highest BCUT2D eigenvalue weighted by Crippen LogP contribution is 2.20. The summed E-state index contributed by atoms with van der Waals surface area (Å²) in [6.45, 7) is 0. The Morgan fingerprint density at radius 2 is 1.92 bits per heavy atom. The molecule has 1 aliphatic carbocycles. The average molecular weight is 332 g/mol. The molecular weight excluding hydrogens is 318 g/mol. The van der Waals surface area contributed by atoms with Crippen LogP contribution in [0, 0.1) is 11.6 Å². The lowest BCUT2D eigenvalue weighted by Crippen LogP contribution is -2.39.